The fourth-order valence-corrected chi connectivity index (χ4v) is 3.21. The third-order valence-electron chi connectivity index (χ3n) is 3.91. The Labute approximate surface area is 125 Å². The molecule has 1 fully saturated rings. The van der Waals surface area contributed by atoms with E-state index in [9.17, 15) is 8.42 Å². The summed E-state index contributed by atoms with van der Waals surface area (Å²) in [5, 5.41) is 0. The van der Waals surface area contributed by atoms with Gasteiger partial charge in [-0.2, -0.15) is 8.42 Å². The van der Waals surface area contributed by atoms with Crippen molar-refractivity contribution in [3.63, 3.8) is 0 Å². The lowest BCUT2D eigenvalue weighted by molar-refractivity contribution is 0.115. The van der Waals surface area contributed by atoms with Crippen molar-refractivity contribution in [3.8, 4) is 5.88 Å². The van der Waals surface area contributed by atoms with Crippen molar-refractivity contribution in [1.29, 1.82) is 0 Å². The van der Waals surface area contributed by atoms with Crippen LogP contribution < -0.4 is 10.5 Å². The molecular weight excluding hydrogens is 292 g/mol. The van der Waals surface area contributed by atoms with Crippen LogP contribution in [-0.4, -0.2) is 39.4 Å². The highest BCUT2D eigenvalue weighted by Crippen LogP contribution is 2.43. The molecule has 0 spiro atoms. The first-order valence-corrected chi connectivity index (χ1v) is 8.75. The van der Waals surface area contributed by atoms with Crippen LogP contribution in [0.3, 0.4) is 0 Å². The molecule has 2 N–H and O–H groups in total. The molecule has 118 valence electrons. The van der Waals surface area contributed by atoms with E-state index in [1.54, 1.807) is 7.11 Å². The van der Waals surface area contributed by atoms with Crippen LogP contribution in [0.4, 0.5) is 0 Å². The van der Waals surface area contributed by atoms with Gasteiger partial charge in [0.2, 0.25) is 5.88 Å². The van der Waals surface area contributed by atoms with E-state index in [0.29, 0.717) is 18.7 Å². The Morgan fingerprint density at radius 2 is 2.10 bits per heavy atom. The van der Waals surface area contributed by atoms with Crippen molar-refractivity contribution in [2.24, 2.45) is 5.73 Å². The van der Waals surface area contributed by atoms with Gasteiger partial charge in [-0.3, -0.25) is 4.18 Å². The molecule has 0 amide bonds. The number of rotatable bonds is 6. The van der Waals surface area contributed by atoms with Crippen molar-refractivity contribution in [2.45, 2.75) is 37.6 Å². The first-order chi connectivity index (χ1) is 9.79. The molecular formula is C14H22N2O4S. The molecule has 7 heteroatoms. The molecule has 1 saturated carbocycles. The topological polar surface area (TPSA) is 91.5 Å². The number of aromatic nitrogens is 1. The third kappa shape index (κ3) is 3.53. The minimum Gasteiger partial charge on any atom is -0.481 e. The van der Waals surface area contributed by atoms with Crippen LogP contribution in [-0.2, 0) is 26.1 Å². The van der Waals surface area contributed by atoms with Gasteiger partial charge in [-0.1, -0.05) is 13.0 Å². The molecule has 0 unspecified atom stereocenters. The number of hydrogen-bond acceptors (Lipinski definition) is 6. The summed E-state index contributed by atoms with van der Waals surface area (Å²) < 4.78 is 32.8. The van der Waals surface area contributed by atoms with Gasteiger partial charge in [0.05, 0.1) is 25.7 Å². The molecule has 6 nitrogen and oxygen atoms in total. The van der Waals surface area contributed by atoms with Gasteiger partial charge < -0.3 is 10.5 Å². The van der Waals surface area contributed by atoms with Gasteiger partial charge in [0.15, 0.2) is 0 Å². The molecule has 1 aromatic heterocycles. The smallest absolute Gasteiger partial charge is 0.264 e. The predicted molar refractivity (Wildman–Crippen MR) is 79.9 cm³/mol. The molecule has 1 aliphatic rings. The molecule has 0 bridgehead atoms. The zero-order valence-corrected chi connectivity index (χ0v) is 13.4. The largest absolute Gasteiger partial charge is 0.481 e. The molecule has 21 heavy (non-hydrogen) atoms. The standard InChI is InChI=1S/C14H22N2O4S/c1-4-10-5-6-12(16-13(10)19-2)14(7-11(15)8-14)9-20-21(3,17)18/h5-6,11H,4,7-9,15H2,1-3H3. The van der Waals surface area contributed by atoms with E-state index in [4.69, 9.17) is 14.7 Å². The van der Waals surface area contributed by atoms with Crippen LogP contribution >= 0.6 is 0 Å². The number of pyridine rings is 1. The molecule has 0 aromatic carbocycles. The predicted octanol–water partition coefficient (Wildman–Crippen LogP) is 0.988. The number of methoxy groups -OCH3 is 1. The number of nitrogens with two attached hydrogens (primary N) is 1. The van der Waals surface area contributed by atoms with Crippen molar-refractivity contribution >= 4 is 10.1 Å². The molecule has 1 aliphatic carbocycles. The van der Waals surface area contributed by atoms with Gasteiger partial charge in [0, 0.05) is 17.0 Å². The maximum Gasteiger partial charge on any atom is 0.264 e. The first-order valence-electron chi connectivity index (χ1n) is 6.94. The van der Waals surface area contributed by atoms with Gasteiger partial charge >= 0.3 is 0 Å². The van der Waals surface area contributed by atoms with Crippen molar-refractivity contribution in [1.82, 2.24) is 4.98 Å². The molecule has 0 saturated heterocycles. The number of hydrogen-bond donors (Lipinski definition) is 1. The molecule has 1 aromatic rings. The monoisotopic (exact) mass is 314 g/mol. The molecule has 2 rings (SSSR count). The van der Waals surface area contributed by atoms with Gasteiger partial charge in [0.1, 0.15) is 0 Å². The zero-order chi connectivity index (χ0) is 15.7. The van der Waals surface area contributed by atoms with E-state index in [-0.39, 0.29) is 12.6 Å². The molecule has 0 aliphatic heterocycles. The fourth-order valence-electron chi connectivity index (χ4n) is 2.78. The zero-order valence-electron chi connectivity index (χ0n) is 12.6. The fraction of sp³-hybridized carbons (Fsp3) is 0.643. The summed E-state index contributed by atoms with van der Waals surface area (Å²) >= 11 is 0. The second-order valence-electron chi connectivity index (χ2n) is 5.63. The lowest BCUT2D eigenvalue weighted by Gasteiger charge is -2.45. The highest BCUT2D eigenvalue weighted by molar-refractivity contribution is 7.85. The Morgan fingerprint density at radius 3 is 2.57 bits per heavy atom. The number of aryl methyl sites for hydroxylation is 1. The van der Waals surface area contributed by atoms with Crippen LogP contribution in [0.1, 0.15) is 31.0 Å². The van der Waals surface area contributed by atoms with Crippen LogP contribution in [0.25, 0.3) is 0 Å². The van der Waals surface area contributed by atoms with Crippen LogP contribution in [0.2, 0.25) is 0 Å². The minimum atomic E-state index is -3.49. The van der Waals surface area contributed by atoms with E-state index in [1.165, 1.54) is 0 Å². The van der Waals surface area contributed by atoms with Crippen LogP contribution in [0.5, 0.6) is 5.88 Å². The normalized spacial score (nSPS) is 25.4. The number of nitrogens with zero attached hydrogens (tertiary/aromatic N) is 1. The lowest BCUT2D eigenvalue weighted by atomic mass is 9.64. The Balaban J connectivity index is 2.30. The maximum atomic E-state index is 11.3. The Kier molecular flexibility index (Phi) is 4.55. The average Bonchev–Trinajstić information content (AvgIpc) is 2.40. The maximum absolute atomic E-state index is 11.3. The highest BCUT2D eigenvalue weighted by atomic mass is 32.2. The highest BCUT2D eigenvalue weighted by Gasteiger charge is 2.46. The van der Waals surface area contributed by atoms with Crippen LogP contribution in [0.15, 0.2) is 12.1 Å². The molecule has 0 radical (unpaired) electrons. The van der Waals surface area contributed by atoms with Gasteiger partial charge in [-0.15, -0.1) is 0 Å². The molecule has 0 atom stereocenters. The summed E-state index contributed by atoms with van der Waals surface area (Å²) in [6, 6.07) is 3.93. The SMILES string of the molecule is CCc1ccc(C2(COS(C)(=O)=O)CC(N)C2)nc1OC. The summed E-state index contributed by atoms with van der Waals surface area (Å²) in [7, 11) is -1.91. The van der Waals surface area contributed by atoms with E-state index in [0.717, 1.165) is 23.9 Å². The van der Waals surface area contributed by atoms with Gasteiger partial charge in [-0.05, 0) is 25.3 Å². The van der Waals surface area contributed by atoms with E-state index in [2.05, 4.69) is 4.98 Å². The summed E-state index contributed by atoms with van der Waals surface area (Å²) in [6.45, 7) is 2.10. The van der Waals surface area contributed by atoms with Gasteiger partial charge in [-0.25, -0.2) is 4.98 Å². The lowest BCUT2D eigenvalue weighted by Crippen LogP contribution is -2.52. The second kappa shape index (κ2) is 5.90. The van der Waals surface area contributed by atoms with Gasteiger partial charge in [0.25, 0.3) is 10.1 Å². The van der Waals surface area contributed by atoms with Crippen molar-refractivity contribution < 1.29 is 17.3 Å². The second-order valence-corrected chi connectivity index (χ2v) is 7.28. The number of ether oxygens (including phenoxy) is 1. The van der Waals surface area contributed by atoms with Crippen molar-refractivity contribution in [2.75, 3.05) is 20.0 Å². The Bertz CT molecular complexity index is 609. The van der Waals surface area contributed by atoms with E-state index < -0.39 is 15.5 Å². The minimum absolute atomic E-state index is 0.0480. The Hall–Kier alpha value is -1.18. The quantitative estimate of drug-likeness (QED) is 0.787. The summed E-state index contributed by atoms with van der Waals surface area (Å²) in [6.07, 6.45) is 3.19. The average molecular weight is 314 g/mol. The first kappa shape index (κ1) is 16.2. The van der Waals surface area contributed by atoms with E-state index in [1.807, 2.05) is 19.1 Å². The summed E-state index contributed by atoms with van der Waals surface area (Å²) in [4.78, 5) is 4.54. The third-order valence-corrected chi connectivity index (χ3v) is 4.46. The Morgan fingerprint density at radius 1 is 1.43 bits per heavy atom. The summed E-state index contributed by atoms with van der Waals surface area (Å²) in [5.41, 5.74) is 7.25. The van der Waals surface area contributed by atoms with Crippen molar-refractivity contribution in [3.05, 3.63) is 23.4 Å². The summed E-state index contributed by atoms with van der Waals surface area (Å²) in [5.74, 6) is 0.578. The van der Waals surface area contributed by atoms with E-state index >= 15 is 0 Å². The molecule has 1 heterocycles. The van der Waals surface area contributed by atoms with Crippen LogP contribution in [0, 0.1) is 0 Å².